The molecule has 2 aromatic carbocycles. The fourth-order valence-corrected chi connectivity index (χ4v) is 4.41. The predicted octanol–water partition coefficient (Wildman–Crippen LogP) is 4.99. The number of hydrogen-bond donors (Lipinski definition) is 3. The molecule has 0 saturated heterocycles. The first-order chi connectivity index (χ1) is 16.0. The Morgan fingerprint density at radius 3 is 2.50 bits per heavy atom. The molecule has 1 aliphatic carbocycles. The predicted molar refractivity (Wildman–Crippen MR) is 129 cm³/mol. The van der Waals surface area contributed by atoms with Crippen molar-refractivity contribution >= 4 is 6.09 Å². The van der Waals surface area contributed by atoms with E-state index in [0.29, 0.717) is 5.56 Å². The van der Waals surface area contributed by atoms with Gasteiger partial charge in [0.05, 0.1) is 12.1 Å². The van der Waals surface area contributed by atoms with E-state index in [1.54, 1.807) is 20.8 Å². The number of hydrogen-bond acceptors (Lipinski definition) is 4. The van der Waals surface area contributed by atoms with Crippen LogP contribution in [0.4, 0.5) is 13.6 Å². The summed E-state index contributed by atoms with van der Waals surface area (Å²) in [6, 6.07) is 9.08. The van der Waals surface area contributed by atoms with Crippen LogP contribution in [-0.2, 0) is 24.0 Å². The standard InChI is InChI=1S/C27H36F2N2O3/c1-5-17-9-10-19-7-6-8-23(22(19)13-17)30-16-25(32)24(31-26(33)34-27(2,3)4)14-18-11-20(28)15-21(29)12-18/h9-13,15,23-25,30,32H,5-8,14,16H2,1-4H3,(H,31,33)/t23?,24?,25-/m1/s1. The largest absolute Gasteiger partial charge is 0.444 e. The van der Waals surface area contributed by atoms with Crippen LogP contribution in [0.3, 0.4) is 0 Å². The van der Waals surface area contributed by atoms with Crippen molar-refractivity contribution in [2.75, 3.05) is 6.54 Å². The highest BCUT2D eigenvalue weighted by Crippen LogP contribution is 2.30. The van der Waals surface area contributed by atoms with Crippen molar-refractivity contribution in [1.82, 2.24) is 10.6 Å². The average molecular weight is 475 g/mol. The quantitative estimate of drug-likeness (QED) is 0.504. The molecule has 0 saturated carbocycles. The molecule has 2 aromatic rings. The van der Waals surface area contributed by atoms with E-state index < -0.39 is 35.5 Å². The lowest BCUT2D eigenvalue weighted by molar-refractivity contribution is 0.0419. The van der Waals surface area contributed by atoms with Gasteiger partial charge in [-0.3, -0.25) is 0 Å². The Kier molecular flexibility index (Phi) is 8.66. The number of benzene rings is 2. The van der Waals surface area contributed by atoms with E-state index in [0.717, 1.165) is 31.7 Å². The number of fused-ring (bicyclic) bond motifs is 1. The molecule has 0 radical (unpaired) electrons. The zero-order valence-corrected chi connectivity index (χ0v) is 20.5. The zero-order chi connectivity index (χ0) is 24.9. The Bertz CT molecular complexity index is 970. The van der Waals surface area contributed by atoms with Gasteiger partial charge in [0.2, 0.25) is 0 Å². The van der Waals surface area contributed by atoms with Gasteiger partial charge in [-0.1, -0.05) is 25.1 Å². The minimum absolute atomic E-state index is 0.0536. The van der Waals surface area contributed by atoms with Gasteiger partial charge in [0.25, 0.3) is 0 Å². The Balaban J connectivity index is 1.73. The molecule has 0 aliphatic heterocycles. The average Bonchev–Trinajstić information content (AvgIpc) is 2.74. The second kappa shape index (κ2) is 11.3. The summed E-state index contributed by atoms with van der Waals surface area (Å²) in [5, 5.41) is 17.2. The maximum absolute atomic E-state index is 13.7. The van der Waals surface area contributed by atoms with Gasteiger partial charge in [-0.25, -0.2) is 13.6 Å². The summed E-state index contributed by atoms with van der Waals surface area (Å²) in [6.07, 6.45) is 2.35. The third-order valence-electron chi connectivity index (χ3n) is 6.05. The number of carbonyl (C=O) groups excluding carboxylic acids is 1. The van der Waals surface area contributed by atoms with Crippen LogP contribution >= 0.6 is 0 Å². The molecule has 3 rings (SSSR count). The molecule has 0 fully saturated rings. The first-order valence-corrected chi connectivity index (χ1v) is 12.0. The van der Waals surface area contributed by atoms with Gasteiger partial charge in [0, 0.05) is 18.7 Å². The number of carbonyl (C=O) groups is 1. The van der Waals surface area contributed by atoms with Gasteiger partial charge < -0.3 is 20.5 Å². The fraction of sp³-hybridized carbons (Fsp3) is 0.519. The summed E-state index contributed by atoms with van der Waals surface area (Å²) in [5.74, 6) is -1.41. The molecule has 2 unspecified atom stereocenters. The monoisotopic (exact) mass is 474 g/mol. The van der Waals surface area contributed by atoms with Gasteiger partial charge in [-0.2, -0.15) is 0 Å². The number of aliphatic hydroxyl groups is 1. The maximum Gasteiger partial charge on any atom is 0.407 e. The van der Waals surface area contributed by atoms with E-state index in [1.807, 2.05) is 0 Å². The number of rotatable bonds is 8. The molecule has 3 atom stereocenters. The summed E-state index contributed by atoms with van der Waals surface area (Å²) in [7, 11) is 0. The fourth-order valence-electron chi connectivity index (χ4n) is 4.41. The van der Waals surface area contributed by atoms with Crippen LogP contribution < -0.4 is 10.6 Å². The second-order valence-corrected chi connectivity index (χ2v) is 10.0. The van der Waals surface area contributed by atoms with Gasteiger partial charge in [-0.05, 0) is 87.3 Å². The second-order valence-electron chi connectivity index (χ2n) is 10.0. The van der Waals surface area contributed by atoms with Gasteiger partial charge in [-0.15, -0.1) is 0 Å². The lowest BCUT2D eigenvalue weighted by Gasteiger charge is -2.31. The number of aliphatic hydroxyl groups excluding tert-OH is 1. The minimum atomic E-state index is -1.00. The third-order valence-corrected chi connectivity index (χ3v) is 6.05. The van der Waals surface area contributed by atoms with Crippen LogP contribution in [0.5, 0.6) is 0 Å². The van der Waals surface area contributed by atoms with Crippen LogP contribution in [0.1, 0.15) is 68.8 Å². The molecule has 0 aromatic heterocycles. The smallest absolute Gasteiger partial charge is 0.407 e. The number of aryl methyl sites for hydroxylation is 2. The topological polar surface area (TPSA) is 70.6 Å². The lowest BCUT2D eigenvalue weighted by atomic mass is 9.86. The highest BCUT2D eigenvalue weighted by molar-refractivity contribution is 5.68. The molecule has 0 spiro atoms. The summed E-state index contributed by atoms with van der Waals surface area (Å²) >= 11 is 0. The minimum Gasteiger partial charge on any atom is -0.444 e. The normalized spacial score (nSPS) is 17.6. The first kappa shape index (κ1) is 26.1. The molecule has 1 amide bonds. The molecule has 1 aliphatic rings. The Hall–Kier alpha value is -2.51. The van der Waals surface area contributed by atoms with Gasteiger partial charge >= 0.3 is 6.09 Å². The van der Waals surface area contributed by atoms with E-state index >= 15 is 0 Å². The van der Waals surface area contributed by atoms with Crippen molar-refractivity contribution in [3.63, 3.8) is 0 Å². The third kappa shape index (κ3) is 7.50. The maximum atomic E-state index is 13.7. The number of halogens is 2. The van der Waals surface area contributed by atoms with Crippen LogP contribution in [0.25, 0.3) is 0 Å². The van der Waals surface area contributed by atoms with Crippen LogP contribution in [0.2, 0.25) is 0 Å². The Morgan fingerprint density at radius 2 is 1.85 bits per heavy atom. The SMILES string of the molecule is CCc1ccc2c(c1)C(NC[C@@H](O)C(Cc1cc(F)cc(F)c1)NC(=O)OC(C)(C)C)CCC2. The molecular weight excluding hydrogens is 438 g/mol. The number of ether oxygens (including phenoxy) is 1. The zero-order valence-electron chi connectivity index (χ0n) is 20.5. The molecule has 7 heteroatoms. The van der Waals surface area contributed by atoms with E-state index in [2.05, 4.69) is 35.8 Å². The van der Waals surface area contributed by atoms with Crippen molar-refractivity contribution < 1.29 is 23.4 Å². The van der Waals surface area contributed by atoms with Crippen molar-refractivity contribution in [3.05, 3.63) is 70.3 Å². The summed E-state index contributed by atoms with van der Waals surface area (Å²) in [5.41, 5.74) is 3.46. The highest BCUT2D eigenvalue weighted by Gasteiger charge is 2.27. The van der Waals surface area contributed by atoms with E-state index in [4.69, 9.17) is 4.74 Å². The van der Waals surface area contributed by atoms with Gasteiger partial charge in [0.1, 0.15) is 17.2 Å². The van der Waals surface area contributed by atoms with E-state index in [-0.39, 0.29) is 19.0 Å². The summed E-state index contributed by atoms with van der Waals surface area (Å²) < 4.78 is 32.8. The lowest BCUT2D eigenvalue weighted by Crippen LogP contribution is -2.50. The molecule has 34 heavy (non-hydrogen) atoms. The molecule has 186 valence electrons. The van der Waals surface area contributed by atoms with E-state index in [1.165, 1.54) is 28.8 Å². The van der Waals surface area contributed by atoms with Crippen molar-refractivity contribution in [2.24, 2.45) is 0 Å². The van der Waals surface area contributed by atoms with Crippen molar-refractivity contribution in [3.8, 4) is 0 Å². The van der Waals surface area contributed by atoms with Crippen molar-refractivity contribution in [1.29, 1.82) is 0 Å². The molecule has 0 heterocycles. The molecular formula is C27H36F2N2O3. The van der Waals surface area contributed by atoms with Crippen molar-refractivity contribution in [2.45, 2.75) is 83.6 Å². The van der Waals surface area contributed by atoms with Crippen LogP contribution in [0.15, 0.2) is 36.4 Å². The van der Waals surface area contributed by atoms with Crippen LogP contribution in [-0.4, -0.2) is 35.5 Å². The molecule has 3 N–H and O–H groups in total. The number of nitrogens with one attached hydrogen (secondary N) is 2. The molecule has 0 bridgehead atoms. The summed E-state index contributed by atoms with van der Waals surface area (Å²) in [6.45, 7) is 7.56. The van der Waals surface area contributed by atoms with E-state index in [9.17, 15) is 18.7 Å². The number of alkyl carbamates (subject to hydrolysis) is 1. The first-order valence-electron chi connectivity index (χ1n) is 12.0. The van der Waals surface area contributed by atoms with Crippen LogP contribution in [0, 0.1) is 11.6 Å². The Labute approximate surface area is 200 Å². The Morgan fingerprint density at radius 1 is 1.15 bits per heavy atom. The van der Waals surface area contributed by atoms with Gasteiger partial charge in [0.15, 0.2) is 0 Å². The molecule has 5 nitrogen and oxygen atoms in total. The number of amides is 1. The highest BCUT2D eigenvalue weighted by atomic mass is 19.1. The summed E-state index contributed by atoms with van der Waals surface area (Å²) in [4.78, 5) is 12.4.